The molecule has 8 heteroatoms. The van der Waals surface area contributed by atoms with Crippen molar-refractivity contribution < 1.29 is 9.59 Å². The number of hydrogen-bond acceptors (Lipinski definition) is 5. The molecule has 3 amide bonds. The maximum absolute atomic E-state index is 12.7. The molecule has 28 heavy (non-hydrogen) atoms. The summed E-state index contributed by atoms with van der Waals surface area (Å²) >= 11 is 3.22. The number of rotatable bonds is 5. The smallest absolute Gasteiger partial charge is 0.322 e. The highest BCUT2D eigenvalue weighted by Crippen LogP contribution is 2.27. The first-order valence-corrected chi connectivity index (χ1v) is 10.9. The van der Waals surface area contributed by atoms with Crippen molar-refractivity contribution in [2.75, 3.05) is 11.9 Å². The molecule has 1 saturated heterocycles. The number of thiophene rings is 1. The summed E-state index contributed by atoms with van der Waals surface area (Å²) in [5.74, 6) is -0.133. The van der Waals surface area contributed by atoms with Crippen LogP contribution >= 0.6 is 22.7 Å². The molecular weight excluding hydrogens is 392 g/mol. The molecule has 1 aromatic carbocycles. The summed E-state index contributed by atoms with van der Waals surface area (Å²) in [5.41, 5.74) is 1.56. The van der Waals surface area contributed by atoms with E-state index in [4.69, 9.17) is 0 Å². The molecule has 0 bridgehead atoms. The van der Waals surface area contributed by atoms with E-state index in [1.165, 1.54) is 0 Å². The summed E-state index contributed by atoms with van der Waals surface area (Å²) < 4.78 is 0. The van der Waals surface area contributed by atoms with E-state index in [0.29, 0.717) is 19.5 Å². The monoisotopic (exact) mass is 412 g/mol. The zero-order chi connectivity index (χ0) is 19.3. The van der Waals surface area contributed by atoms with Crippen molar-refractivity contribution in [3.05, 3.63) is 58.9 Å². The summed E-state index contributed by atoms with van der Waals surface area (Å²) in [7, 11) is 0. The Balaban J connectivity index is 1.34. The average Bonchev–Trinajstić information content (AvgIpc) is 3.48. The minimum absolute atomic E-state index is 0.133. The molecule has 2 aromatic heterocycles. The molecule has 3 aromatic rings. The van der Waals surface area contributed by atoms with Crippen molar-refractivity contribution in [2.24, 2.45) is 0 Å². The largest absolute Gasteiger partial charge is 0.349 e. The average molecular weight is 413 g/mol. The number of carbonyl (C=O) groups is 2. The van der Waals surface area contributed by atoms with E-state index in [2.05, 4.69) is 15.6 Å². The lowest BCUT2D eigenvalue weighted by molar-refractivity contribution is -0.124. The summed E-state index contributed by atoms with van der Waals surface area (Å²) in [4.78, 5) is 32.6. The number of carbonyl (C=O) groups excluding carboxylic acids is 2. The van der Waals surface area contributed by atoms with Crippen LogP contribution in [0.3, 0.4) is 0 Å². The highest BCUT2D eigenvalue weighted by Gasteiger charge is 2.34. The van der Waals surface area contributed by atoms with E-state index in [1.807, 2.05) is 53.2 Å². The van der Waals surface area contributed by atoms with Crippen molar-refractivity contribution in [1.82, 2.24) is 15.2 Å². The van der Waals surface area contributed by atoms with E-state index < -0.39 is 6.04 Å². The zero-order valence-corrected chi connectivity index (χ0v) is 16.8. The fourth-order valence-corrected chi connectivity index (χ4v) is 4.83. The number of anilines is 1. The molecule has 0 radical (unpaired) electrons. The lowest BCUT2D eigenvalue weighted by Crippen LogP contribution is -2.47. The first kappa shape index (κ1) is 18.6. The third kappa shape index (κ3) is 4.23. The van der Waals surface area contributed by atoms with Gasteiger partial charge in [0.15, 0.2) is 0 Å². The van der Waals surface area contributed by atoms with Gasteiger partial charge in [-0.15, -0.1) is 22.7 Å². The van der Waals surface area contributed by atoms with Gasteiger partial charge in [0.05, 0.1) is 17.1 Å². The number of hydrogen-bond donors (Lipinski definition) is 2. The van der Waals surface area contributed by atoms with Crippen LogP contribution in [0.4, 0.5) is 10.5 Å². The lowest BCUT2D eigenvalue weighted by atomic mass is 10.2. The molecule has 1 atom stereocenters. The lowest BCUT2D eigenvalue weighted by Gasteiger charge is -2.24. The molecule has 1 aliphatic heterocycles. The van der Waals surface area contributed by atoms with Gasteiger partial charge in [0.1, 0.15) is 11.0 Å². The normalized spacial score (nSPS) is 16.1. The molecule has 3 heterocycles. The molecule has 1 fully saturated rings. The van der Waals surface area contributed by atoms with Crippen LogP contribution < -0.4 is 10.6 Å². The Morgan fingerprint density at radius 2 is 2.00 bits per heavy atom. The number of nitrogens with one attached hydrogen (secondary N) is 2. The van der Waals surface area contributed by atoms with Crippen LogP contribution in [-0.4, -0.2) is 34.4 Å². The topological polar surface area (TPSA) is 74.3 Å². The van der Waals surface area contributed by atoms with Crippen molar-refractivity contribution in [2.45, 2.75) is 25.4 Å². The fraction of sp³-hybridized carbons (Fsp3) is 0.250. The van der Waals surface area contributed by atoms with Gasteiger partial charge in [-0.2, -0.15) is 0 Å². The van der Waals surface area contributed by atoms with Gasteiger partial charge in [0.2, 0.25) is 5.91 Å². The third-order valence-electron chi connectivity index (χ3n) is 4.57. The Bertz CT molecular complexity index is 940. The quantitative estimate of drug-likeness (QED) is 0.660. The number of aromatic nitrogens is 1. The Kier molecular flexibility index (Phi) is 5.68. The molecule has 1 aliphatic rings. The van der Waals surface area contributed by atoms with Gasteiger partial charge < -0.3 is 15.5 Å². The first-order chi connectivity index (χ1) is 13.7. The number of para-hydroxylation sites is 1. The third-order valence-corrected chi connectivity index (χ3v) is 6.50. The number of thiazole rings is 1. The summed E-state index contributed by atoms with van der Waals surface area (Å²) in [6, 6.07) is 12.6. The van der Waals surface area contributed by atoms with Gasteiger partial charge >= 0.3 is 6.03 Å². The molecule has 0 aliphatic carbocycles. The van der Waals surface area contributed by atoms with E-state index in [9.17, 15) is 9.59 Å². The fourth-order valence-electron chi connectivity index (χ4n) is 3.20. The second-order valence-electron chi connectivity index (χ2n) is 6.49. The van der Waals surface area contributed by atoms with Gasteiger partial charge in [-0.05, 0) is 36.4 Å². The molecular formula is C20H20N4O2S2. The molecule has 4 rings (SSSR count). The Hall–Kier alpha value is -2.71. The van der Waals surface area contributed by atoms with Gasteiger partial charge in [0, 0.05) is 17.6 Å². The van der Waals surface area contributed by atoms with E-state index >= 15 is 0 Å². The van der Waals surface area contributed by atoms with Gasteiger partial charge in [-0.1, -0.05) is 24.3 Å². The molecule has 1 unspecified atom stereocenters. The standard InChI is InChI=1S/C20H20N4O2S2/c25-18(21-12-15-13-28-19(22-15)17-9-5-11-27-17)16-8-4-10-24(16)20(26)23-14-6-2-1-3-7-14/h1-3,5-7,9,11,13,16H,4,8,10,12H2,(H,21,25)(H,23,26). The van der Waals surface area contributed by atoms with E-state index in [-0.39, 0.29) is 11.9 Å². The summed E-state index contributed by atoms with van der Waals surface area (Å²) in [6.45, 7) is 0.946. The summed E-state index contributed by atoms with van der Waals surface area (Å²) in [5, 5.41) is 10.7. The predicted molar refractivity (Wildman–Crippen MR) is 112 cm³/mol. The van der Waals surface area contributed by atoms with Crippen LogP contribution in [0.2, 0.25) is 0 Å². The molecule has 144 valence electrons. The maximum atomic E-state index is 12.7. The molecule has 0 saturated carbocycles. The van der Waals surface area contributed by atoms with Crippen LogP contribution in [0, 0.1) is 0 Å². The summed E-state index contributed by atoms with van der Waals surface area (Å²) in [6.07, 6.45) is 1.49. The maximum Gasteiger partial charge on any atom is 0.322 e. The van der Waals surface area contributed by atoms with E-state index in [0.717, 1.165) is 27.7 Å². The van der Waals surface area contributed by atoms with Crippen molar-refractivity contribution in [3.63, 3.8) is 0 Å². The number of nitrogens with zero attached hydrogens (tertiary/aromatic N) is 2. The predicted octanol–water partition coefficient (Wildman–Crippen LogP) is 4.18. The van der Waals surface area contributed by atoms with Crippen LogP contribution in [0.15, 0.2) is 53.2 Å². The minimum Gasteiger partial charge on any atom is -0.349 e. The molecule has 2 N–H and O–H groups in total. The Labute approximate surface area is 171 Å². The van der Waals surface area contributed by atoms with Crippen LogP contribution in [0.25, 0.3) is 9.88 Å². The first-order valence-electron chi connectivity index (χ1n) is 9.09. The van der Waals surface area contributed by atoms with Gasteiger partial charge in [-0.3, -0.25) is 4.79 Å². The molecule has 6 nitrogen and oxygen atoms in total. The van der Waals surface area contributed by atoms with Crippen LogP contribution in [0.1, 0.15) is 18.5 Å². The van der Waals surface area contributed by atoms with Crippen LogP contribution in [-0.2, 0) is 11.3 Å². The highest BCUT2D eigenvalue weighted by molar-refractivity contribution is 7.20. The van der Waals surface area contributed by atoms with Crippen molar-refractivity contribution >= 4 is 40.3 Å². The van der Waals surface area contributed by atoms with Crippen molar-refractivity contribution in [3.8, 4) is 9.88 Å². The van der Waals surface area contributed by atoms with Gasteiger partial charge in [-0.25, -0.2) is 9.78 Å². The van der Waals surface area contributed by atoms with E-state index in [1.54, 1.807) is 27.6 Å². The number of benzene rings is 1. The van der Waals surface area contributed by atoms with Crippen molar-refractivity contribution in [1.29, 1.82) is 0 Å². The van der Waals surface area contributed by atoms with Crippen LogP contribution in [0.5, 0.6) is 0 Å². The number of likely N-dealkylation sites (tertiary alicyclic amines) is 1. The zero-order valence-electron chi connectivity index (χ0n) is 15.1. The molecule has 0 spiro atoms. The number of urea groups is 1. The second-order valence-corrected chi connectivity index (χ2v) is 8.29. The Morgan fingerprint density at radius 3 is 2.79 bits per heavy atom. The SMILES string of the molecule is O=C(NCc1csc(-c2cccs2)n1)C1CCCN1C(=O)Nc1ccccc1. The minimum atomic E-state index is -0.445. The van der Waals surface area contributed by atoms with Gasteiger partial charge in [0.25, 0.3) is 0 Å². The number of amides is 3. The Morgan fingerprint density at radius 1 is 1.14 bits per heavy atom. The highest BCUT2D eigenvalue weighted by atomic mass is 32.1. The second kappa shape index (κ2) is 8.53.